The lowest BCUT2D eigenvalue weighted by Gasteiger charge is -2.37. The molecule has 0 radical (unpaired) electrons. The highest BCUT2D eigenvalue weighted by molar-refractivity contribution is 6.56. The Labute approximate surface area is 252 Å². The number of aliphatic hydroxyl groups excluding tert-OH is 1. The third-order valence-electron chi connectivity index (χ3n) is 7.94. The molecule has 1 aliphatic carbocycles. The monoisotopic (exact) mass is 595 g/mol. The van der Waals surface area contributed by atoms with Gasteiger partial charge in [0.15, 0.2) is 11.3 Å². The maximum absolute atomic E-state index is 14.9. The minimum atomic E-state index is -2.39. The lowest BCUT2D eigenvalue weighted by atomic mass is 9.70. The molecule has 9 nitrogen and oxygen atoms in total. The molecule has 2 heterocycles. The van der Waals surface area contributed by atoms with Crippen LogP contribution in [0.15, 0.2) is 102 Å². The summed E-state index contributed by atoms with van der Waals surface area (Å²) in [7, 11) is 0. The number of benzene rings is 3. The zero-order chi connectivity index (χ0) is 30.7. The number of allylic oxidation sites excluding steroid dienone is 1. The molecule has 2 N–H and O–H groups in total. The average Bonchev–Trinajstić information content (AvgIpc) is 3.35. The number of nitrogens with zero attached hydrogens (tertiary/aromatic N) is 2. The van der Waals surface area contributed by atoms with Gasteiger partial charge in [0, 0.05) is 28.3 Å². The second kappa shape index (κ2) is 10.1. The molecule has 10 heteroatoms. The molecule has 1 unspecified atom stereocenters. The summed E-state index contributed by atoms with van der Waals surface area (Å²) in [5.74, 6) is -4.96. The largest absolute Gasteiger partial charge is 0.507 e. The van der Waals surface area contributed by atoms with E-state index in [2.05, 4.69) is 5.43 Å². The van der Waals surface area contributed by atoms with Crippen molar-refractivity contribution in [2.75, 3.05) is 4.90 Å². The zero-order valence-corrected chi connectivity index (χ0v) is 24.0. The molecule has 3 amide bonds. The van der Waals surface area contributed by atoms with Crippen LogP contribution >= 0.6 is 11.6 Å². The number of aliphatic hydroxyl groups is 1. The summed E-state index contributed by atoms with van der Waals surface area (Å²) in [5, 5.41) is 13.0. The highest BCUT2D eigenvalue weighted by Crippen LogP contribution is 2.55. The van der Waals surface area contributed by atoms with E-state index in [4.69, 9.17) is 11.6 Å². The number of carbonyl (C=O) groups is 5. The van der Waals surface area contributed by atoms with E-state index in [9.17, 15) is 29.1 Å². The Morgan fingerprint density at radius 3 is 2.02 bits per heavy atom. The quantitative estimate of drug-likeness (QED) is 0.254. The van der Waals surface area contributed by atoms with Crippen molar-refractivity contribution >= 4 is 52.3 Å². The molecular formula is C33H26ClN3O6. The number of amides is 3. The fourth-order valence-corrected chi connectivity index (χ4v) is 6.28. The predicted octanol–water partition coefficient (Wildman–Crippen LogP) is 4.79. The zero-order valence-electron chi connectivity index (χ0n) is 23.3. The molecule has 43 heavy (non-hydrogen) atoms. The number of anilines is 1. The van der Waals surface area contributed by atoms with Crippen LogP contribution < -0.4 is 10.3 Å². The van der Waals surface area contributed by atoms with Crippen LogP contribution in [0.3, 0.4) is 0 Å². The van der Waals surface area contributed by atoms with Crippen LogP contribution in [0.1, 0.15) is 42.6 Å². The third-order valence-corrected chi connectivity index (χ3v) is 8.19. The number of halogens is 1. The van der Waals surface area contributed by atoms with Crippen molar-refractivity contribution in [1.29, 1.82) is 0 Å². The number of hydrogen-bond donors (Lipinski definition) is 2. The van der Waals surface area contributed by atoms with E-state index >= 15 is 0 Å². The highest BCUT2D eigenvalue weighted by Gasteiger charge is 2.71. The number of rotatable bonds is 4. The SMILES string of the molecule is CC1(C)CC(=O)C2=C(C1)N(NC(=O)c1ccccc1)C(=O)C21/C(=C(\O)c2ccccc2)C(=O)C(=O)N1c1ccc(Cl)cc1. The van der Waals surface area contributed by atoms with Gasteiger partial charge in [-0.3, -0.25) is 34.3 Å². The Hall–Kier alpha value is -5.02. The Kier molecular flexibility index (Phi) is 6.58. The van der Waals surface area contributed by atoms with Crippen LogP contribution in [0.25, 0.3) is 5.76 Å². The summed E-state index contributed by atoms with van der Waals surface area (Å²) >= 11 is 6.12. The molecular weight excluding hydrogens is 570 g/mol. The molecule has 1 fully saturated rings. The van der Waals surface area contributed by atoms with Crippen LogP contribution in [-0.4, -0.2) is 44.9 Å². The minimum absolute atomic E-state index is 0.00243. The van der Waals surface area contributed by atoms with Gasteiger partial charge in [-0.1, -0.05) is 74.0 Å². The van der Waals surface area contributed by atoms with E-state index in [-0.39, 0.29) is 40.9 Å². The summed E-state index contributed by atoms with van der Waals surface area (Å²) in [6.45, 7) is 3.70. The number of nitrogens with one attached hydrogen (secondary N) is 1. The van der Waals surface area contributed by atoms with E-state index in [1.807, 2.05) is 13.8 Å². The second-order valence-corrected chi connectivity index (χ2v) is 11.9. The Balaban J connectivity index is 1.66. The van der Waals surface area contributed by atoms with Crippen LogP contribution in [0.5, 0.6) is 0 Å². The summed E-state index contributed by atoms with van der Waals surface area (Å²) < 4.78 is 0. The molecule has 0 aromatic heterocycles. The van der Waals surface area contributed by atoms with Gasteiger partial charge in [-0.25, -0.2) is 5.01 Å². The smallest absolute Gasteiger partial charge is 0.300 e. The van der Waals surface area contributed by atoms with Crippen molar-refractivity contribution in [3.05, 3.63) is 118 Å². The van der Waals surface area contributed by atoms with Gasteiger partial charge in [-0.15, -0.1) is 0 Å². The van der Waals surface area contributed by atoms with Gasteiger partial charge in [0.05, 0.1) is 16.8 Å². The van der Waals surface area contributed by atoms with Gasteiger partial charge in [0.1, 0.15) is 5.76 Å². The fraction of sp³-hybridized carbons (Fsp3) is 0.182. The molecule has 1 atom stereocenters. The molecule has 2 aliphatic heterocycles. The molecule has 6 rings (SSSR count). The Morgan fingerprint density at radius 1 is 0.837 bits per heavy atom. The molecule has 3 aliphatic rings. The minimum Gasteiger partial charge on any atom is -0.507 e. The maximum Gasteiger partial charge on any atom is 0.300 e. The van der Waals surface area contributed by atoms with Gasteiger partial charge in [0.2, 0.25) is 0 Å². The van der Waals surface area contributed by atoms with Gasteiger partial charge >= 0.3 is 5.91 Å². The Morgan fingerprint density at radius 2 is 1.42 bits per heavy atom. The van der Waals surface area contributed by atoms with Crippen molar-refractivity contribution < 1.29 is 29.1 Å². The molecule has 0 saturated carbocycles. The first kappa shape index (κ1) is 28.1. The van der Waals surface area contributed by atoms with Gasteiger partial charge < -0.3 is 5.11 Å². The molecule has 1 saturated heterocycles. The third kappa shape index (κ3) is 4.27. The number of fused-ring (bicyclic) bond motifs is 1. The number of hydrazine groups is 1. The molecule has 216 valence electrons. The molecule has 1 spiro atoms. The van der Waals surface area contributed by atoms with Crippen molar-refractivity contribution in [3.63, 3.8) is 0 Å². The number of Topliss-reactive ketones (excluding diaryl/α,β-unsaturated/α-hetero) is 2. The first-order chi connectivity index (χ1) is 20.5. The van der Waals surface area contributed by atoms with E-state index in [1.165, 1.54) is 36.4 Å². The highest BCUT2D eigenvalue weighted by atomic mass is 35.5. The number of hydrogen-bond acceptors (Lipinski definition) is 6. The van der Waals surface area contributed by atoms with E-state index in [0.717, 1.165) is 9.91 Å². The van der Waals surface area contributed by atoms with Crippen LogP contribution in [0.2, 0.25) is 5.02 Å². The average molecular weight is 596 g/mol. The topological polar surface area (TPSA) is 124 Å². The summed E-state index contributed by atoms with van der Waals surface area (Å²) in [4.78, 5) is 71.2. The fourth-order valence-electron chi connectivity index (χ4n) is 6.15. The van der Waals surface area contributed by atoms with Crippen molar-refractivity contribution in [1.82, 2.24) is 10.4 Å². The second-order valence-electron chi connectivity index (χ2n) is 11.5. The van der Waals surface area contributed by atoms with Crippen molar-refractivity contribution in [2.45, 2.75) is 32.2 Å². The first-order valence-electron chi connectivity index (χ1n) is 13.6. The molecule has 3 aromatic carbocycles. The van der Waals surface area contributed by atoms with Gasteiger partial charge in [-0.05, 0) is 48.2 Å². The lowest BCUT2D eigenvalue weighted by Crippen LogP contribution is -2.58. The van der Waals surface area contributed by atoms with E-state index < -0.39 is 51.6 Å². The molecule has 3 aromatic rings. The molecule has 0 bridgehead atoms. The number of ketones is 2. The summed E-state index contributed by atoms with van der Waals surface area (Å²) in [5.41, 5.74) is -0.425. The normalized spacial score (nSPS) is 22.4. The van der Waals surface area contributed by atoms with Crippen LogP contribution in [0, 0.1) is 5.41 Å². The maximum atomic E-state index is 14.9. The van der Waals surface area contributed by atoms with Crippen molar-refractivity contribution in [3.8, 4) is 0 Å². The summed E-state index contributed by atoms with van der Waals surface area (Å²) in [6.07, 6.45) is 0.157. The predicted molar refractivity (Wildman–Crippen MR) is 158 cm³/mol. The first-order valence-corrected chi connectivity index (χ1v) is 14.0. The van der Waals surface area contributed by atoms with Crippen molar-refractivity contribution in [2.24, 2.45) is 5.41 Å². The Bertz CT molecular complexity index is 1780. The van der Waals surface area contributed by atoms with Crippen LogP contribution in [0.4, 0.5) is 5.69 Å². The van der Waals surface area contributed by atoms with E-state index in [0.29, 0.717) is 5.02 Å². The van der Waals surface area contributed by atoms with E-state index in [1.54, 1.807) is 48.5 Å². The summed E-state index contributed by atoms with van der Waals surface area (Å²) in [6, 6.07) is 22.0. The standard InChI is InChI=1S/C33H26ClN3O6/c1-32(2)17-23-25(24(38)18-32)33(31(43)37(23)35-29(41)20-11-7-4-8-12-20)26(27(39)19-9-5-3-6-10-19)28(40)30(42)36(33)22-15-13-21(34)14-16-22/h3-16,39H,17-18H2,1-2H3,(H,35,41)/b27-26-. The van der Waals surface area contributed by atoms with Gasteiger partial charge in [0.25, 0.3) is 17.6 Å². The van der Waals surface area contributed by atoms with Crippen LogP contribution in [-0.2, 0) is 19.2 Å². The van der Waals surface area contributed by atoms with Gasteiger partial charge in [-0.2, -0.15) is 0 Å². The lowest BCUT2D eigenvalue weighted by molar-refractivity contribution is -0.134. The number of carbonyl (C=O) groups excluding carboxylic acids is 5.